The lowest BCUT2D eigenvalue weighted by molar-refractivity contribution is -0.112. The highest BCUT2D eigenvalue weighted by Gasteiger charge is 2.09. The predicted molar refractivity (Wildman–Crippen MR) is 87.0 cm³/mol. The molecular formula is C17H13ClFN3O. The van der Waals surface area contributed by atoms with Crippen LogP contribution in [0.25, 0.3) is 0 Å². The minimum Gasteiger partial charge on any atom is -0.385 e. The number of carbonyl (C=O) groups excluding carboxylic acids is 1. The van der Waals surface area contributed by atoms with Crippen molar-refractivity contribution >= 4 is 23.2 Å². The Morgan fingerprint density at radius 2 is 2.04 bits per heavy atom. The fourth-order valence-corrected chi connectivity index (χ4v) is 2.01. The van der Waals surface area contributed by atoms with Crippen LogP contribution in [-0.2, 0) is 11.3 Å². The standard InChI is InChI=1S/C17H13ClFN3O/c18-14-5-3-6-15(8-14)22-17(23)13(9-20)11-21-10-12-4-1-2-7-16(12)19/h1-8,11,21H,10H2,(H,22,23)/b13-11-. The highest BCUT2D eigenvalue weighted by atomic mass is 35.5. The minimum atomic E-state index is -0.573. The number of hydrogen-bond acceptors (Lipinski definition) is 3. The second kappa shape index (κ2) is 7.97. The second-order valence-corrected chi connectivity index (χ2v) is 5.04. The Bertz CT molecular complexity index is 783. The van der Waals surface area contributed by atoms with Gasteiger partial charge in [0.25, 0.3) is 5.91 Å². The van der Waals surface area contributed by atoms with E-state index in [2.05, 4.69) is 10.6 Å². The summed E-state index contributed by atoms with van der Waals surface area (Å²) in [5.74, 6) is -0.925. The molecule has 2 aromatic rings. The molecule has 0 unspecified atom stereocenters. The largest absolute Gasteiger partial charge is 0.385 e. The van der Waals surface area contributed by atoms with Crippen LogP contribution in [0, 0.1) is 17.1 Å². The van der Waals surface area contributed by atoms with Crippen molar-refractivity contribution < 1.29 is 9.18 Å². The van der Waals surface area contributed by atoms with E-state index in [0.29, 0.717) is 16.3 Å². The molecule has 0 saturated carbocycles. The van der Waals surface area contributed by atoms with Crippen molar-refractivity contribution in [2.45, 2.75) is 6.54 Å². The molecule has 0 aliphatic carbocycles. The molecule has 116 valence electrons. The molecule has 1 amide bonds. The first-order chi connectivity index (χ1) is 11.1. The number of nitrogens with one attached hydrogen (secondary N) is 2. The van der Waals surface area contributed by atoms with Gasteiger partial charge in [0.1, 0.15) is 17.5 Å². The van der Waals surface area contributed by atoms with Crippen molar-refractivity contribution in [2.75, 3.05) is 5.32 Å². The van der Waals surface area contributed by atoms with E-state index < -0.39 is 5.91 Å². The average molecular weight is 330 g/mol. The molecule has 0 heterocycles. The molecule has 6 heteroatoms. The van der Waals surface area contributed by atoms with Gasteiger partial charge in [-0.1, -0.05) is 35.9 Å². The van der Waals surface area contributed by atoms with E-state index in [0.717, 1.165) is 0 Å². The third-order valence-corrected chi connectivity index (χ3v) is 3.18. The van der Waals surface area contributed by atoms with E-state index >= 15 is 0 Å². The van der Waals surface area contributed by atoms with E-state index in [1.807, 2.05) is 0 Å². The first-order valence-electron chi connectivity index (χ1n) is 6.74. The maximum atomic E-state index is 13.5. The summed E-state index contributed by atoms with van der Waals surface area (Å²) in [6.45, 7) is 0.169. The smallest absolute Gasteiger partial charge is 0.267 e. The van der Waals surface area contributed by atoms with Gasteiger partial charge in [-0.15, -0.1) is 0 Å². The Morgan fingerprint density at radius 1 is 1.26 bits per heavy atom. The van der Waals surface area contributed by atoms with Gasteiger partial charge in [-0.3, -0.25) is 4.79 Å². The monoisotopic (exact) mass is 329 g/mol. The summed E-state index contributed by atoms with van der Waals surface area (Å²) in [4.78, 5) is 12.0. The van der Waals surface area contributed by atoms with Crippen LogP contribution >= 0.6 is 11.6 Å². The number of nitriles is 1. The van der Waals surface area contributed by atoms with Crippen LogP contribution in [-0.4, -0.2) is 5.91 Å². The zero-order valence-corrected chi connectivity index (χ0v) is 12.8. The molecule has 0 spiro atoms. The molecule has 0 atom stereocenters. The number of hydrogen-bond donors (Lipinski definition) is 2. The SMILES string of the molecule is N#C/C(=C/NCc1ccccc1F)C(=O)Nc1cccc(Cl)c1. The number of halogens is 2. The third kappa shape index (κ3) is 4.83. The van der Waals surface area contributed by atoms with E-state index in [4.69, 9.17) is 16.9 Å². The first-order valence-corrected chi connectivity index (χ1v) is 7.12. The number of benzene rings is 2. The van der Waals surface area contributed by atoms with Gasteiger partial charge >= 0.3 is 0 Å². The van der Waals surface area contributed by atoms with Gasteiger partial charge in [0.05, 0.1) is 0 Å². The fraction of sp³-hybridized carbons (Fsp3) is 0.0588. The first kappa shape index (κ1) is 16.5. The van der Waals surface area contributed by atoms with Gasteiger partial charge in [0, 0.05) is 29.0 Å². The molecule has 2 aromatic carbocycles. The molecular weight excluding hydrogens is 317 g/mol. The van der Waals surface area contributed by atoms with Crippen LogP contribution in [0.1, 0.15) is 5.56 Å². The molecule has 0 fully saturated rings. The third-order valence-electron chi connectivity index (χ3n) is 2.94. The van der Waals surface area contributed by atoms with E-state index in [1.165, 1.54) is 12.3 Å². The number of rotatable bonds is 5. The normalized spacial score (nSPS) is 10.7. The maximum absolute atomic E-state index is 13.5. The van der Waals surface area contributed by atoms with Gasteiger partial charge in [-0.25, -0.2) is 4.39 Å². The van der Waals surface area contributed by atoms with E-state index in [1.54, 1.807) is 48.5 Å². The van der Waals surface area contributed by atoms with Crippen molar-refractivity contribution in [3.05, 3.63) is 76.7 Å². The molecule has 0 radical (unpaired) electrons. The Balaban J connectivity index is 2.00. The Kier molecular flexibility index (Phi) is 5.73. The van der Waals surface area contributed by atoms with Crippen molar-refractivity contribution in [3.63, 3.8) is 0 Å². The van der Waals surface area contributed by atoms with Crippen molar-refractivity contribution in [1.29, 1.82) is 5.26 Å². The summed E-state index contributed by atoms with van der Waals surface area (Å²) in [6, 6.07) is 14.7. The van der Waals surface area contributed by atoms with Gasteiger partial charge in [0.15, 0.2) is 0 Å². The van der Waals surface area contributed by atoms with Crippen LogP contribution in [0.2, 0.25) is 5.02 Å². The lowest BCUT2D eigenvalue weighted by atomic mass is 10.2. The predicted octanol–water partition coefficient (Wildman–Crippen LogP) is 3.61. The van der Waals surface area contributed by atoms with Crippen molar-refractivity contribution in [3.8, 4) is 6.07 Å². The van der Waals surface area contributed by atoms with Crippen LogP contribution in [0.4, 0.5) is 10.1 Å². The van der Waals surface area contributed by atoms with Crippen LogP contribution < -0.4 is 10.6 Å². The van der Waals surface area contributed by atoms with Gasteiger partial charge in [0.2, 0.25) is 0 Å². The molecule has 0 aliphatic heterocycles. The van der Waals surface area contributed by atoms with Crippen LogP contribution in [0.3, 0.4) is 0 Å². The molecule has 2 rings (SSSR count). The molecule has 0 saturated heterocycles. The maximum Gasteiger partial charge on any atom is 0.267 e. The van der Waals surface area contributed by atoms with Crippen LogP contribution in [0.15, 0.2) is 60.3 Å². The van der Waals surface area contributed by atoms with Gasteiger partial charge in [-0.2, -0.15) is 5.26 Å². The Hall–Kier alpha value is -2.84. The zero-order valence-electron chi connectivity index (χ0n) is 12.0. The summed E-state index contributed by atoms with van der Waals surface area (Å²) in [6.07, 6.45) is 1.26. The van der Waals surface area contributed by atoms with Crippen molar-refractivity contribution in [1.82, 2.24) is 5.32 Å². The number of carbonyl (C=O) groups is 1. The van der Waals surface area contributed by atoms with Gasteiger partial charge in [-0.05, 0) is 24.3 Å². The molecule has 2 N–H and O–H groups in total. The Labute approximate surface area is 138 Å². The topological polar surface area (TPSA) is 64.9 Å². The lowest BCUT2D eigenvalue weighted by Crippen LogP contribution is -2.16. The van der Waals surface area contributed by atoms with Gasteiger partial charge < -0.3 is 10.6 Å². The summed E-state index contributed by atoms with van der Waals surface area (Å²) in [5.41, 5.74) is 0.801. The second-order valence-electron chi connectivity index (χ2n) is 4.61. The quantitative estimate of drug-likeness (QED) is 0.650. The minimum absolute atomic E-state index is 0.124. The molecule has 0 aromatic heterocycles. The van der Waals surface area contributed by atoms with Crippen molar-refractivity contribution in [2.24, 2.45) is 0 Å². The summed E-state index contributed by atoms with van der Waals surface area (Å²) in [7, 11) is 0. The average Bonchev–Trinajstić information content (AvgIpc) is 2.53. The molecule has 23 heavy (non-hydrogen) atoms. The van der Waals surface area contributed by atoms with E-state index in [9.17, 15) is 9.18 Å². The molecule has 4 nitrogen and oxygen atoms in total. The fourth-order valence-electron chi connectivity index (χ4n) is 1.82. The number of amides is 1. The summed E-state index contributed by atoms with van der Waals surface area (Å²) in [5, 5.41) is 14.9. The summed E-state index contributed by atoms with van der Waals surface area (Å²) >= 11 is 5.83. The number of nitrogens with zero attached hydrogens (tertiary/aromatic N) is 1. The number of anilines is 1. The summed E-state index contributed by atoms with van der Waals surface area (Å²) < 4.78 is 13.5. The molecule has 0 bridgehead atoms. The molecule has 0 aliphatic rings. The highest BCUT2D eigenvalue weighted by molar-refractivity contribution is 6.31. The lowest BCUT2D eigenvalue weighted by Gasteiger charge is -2.06. The van der Waals surface area contributed by atoms with Crippen LogP contribution in [0.5, 0.6) is 0 Å². The van der Waals surface area contributed by atoms with E-state index in [-0.39, 0.29) is 17.9 Å². The Morgan fingerprint density at radius 3 is 2.74 bits per heavy atom. The highest BCUT2D eigenvalue weighted by Crippen LogP contribution is 2.15. The zero-order chi connectivity index (χ0) is 16.7.